The van der Waals surface area contributed by atoms with Gasteiger partial charge in [0.25, 0.3) is 0 Å². The Labute approximate surface area is 97.7 Å². The van der Waals surface area contributed by atoms with E-state index in [4.69, 9.17) is 0 Å². The van der Waals surface area contributed by atoms with Crippen LogP contribution in [0.5, 0.6) is 5.75 Å². The molecule has 1 aromatic heterocycles. The van der Waals surface area contributed by atoms with Crippen molar-refractivity contribution in [2.24, 2.45) is 0 Å². The van der Waals surface area contributed by atoms with Crippen LogP contribution in [0.1, 0.15) is 21.7 Å². The van der Waals surface area contributed by atoms with Crippen LogP contribution in [0.4, 0.5) is 0 Å². The Bertz CT molecular complexity index is 589. The molecule has 3 rings (SSSR count). The second-order valence-electron chi connectivity index (χ2n) is 3.96. The number of fused-ring (bicyclic) bond motifs is 1. The number of hydrogen-bond acceptors (Lipinski definition) is 4. The molecule has 0 unspecified atom stereocenters. The van der Waals surface area contributed by atoms with Crippen molar-refractivity contribution in [3.63, 3.8) is 0 Å². The number of aromatic hydroxyl groups is 1. The minimum atomic E-state index is 0.186. The summed E-state index contributed by atoms with van der Waals surface area (Å²) in [6.45, 7) is 1.36. The number of rotatable bonds is 2. The van der Waals surface area contributed by atoms with Crippen molar-refractivity contribution in [2.75, 3.05) is 0 Å². The highest BCUT2D eigenvalue weighted by Crippen LogP contribution is 2.23. The van der Waals surface area contributed by atoms with Crippen LogP contribution in [0.25, 0.3) is 5.69 Å². The summed E-state index contributed by atoms with van der Waals surface area (Å²) in [6, 6.07) is 6.83. The molecule has 0 spiro atoms. The van der Waals surface area contributed by atoms with E-state index in [2.05, 4.69) is 10.4 Å². The lowest BCUT2D eigenvalue weighted by molar-refractivity contribution is 0.111. The van der Waals surface area contributed by atoms with Crippen LogP contribution in [0.3, 0.4) is 0 Å². The van der Waals surface area contributed by atoms with E-state index in [1.807, 2.05) is 6.07 Å². The monoisotopic (exact) mass is 229 g/mol. The van der Waals surface area contributed by atoms with Crippen LogP contribution in [0.15, 0.2) is 24.3 Å². The second-order valence-corrected chi connectivity index (χ2v) is 3.96. The molecule has 2 heterocycles. The second kappa shape index (κ2) is 3.71. The quantitative estimate of drug-likeness (QED) is 0.754. The fourth-order valence-electron chi connectivity index (χ4n) is 2.12. The van der Waals surface area contributed by atoms with Crippen LogP contribution < -0.4 is 5.32 Å². The molecule has 17 heavy (non-hydrogen) atoms. The molecule has 1 aliphatic rings. The molecule has 5 nitrogen and oxygen atoms in total. The van der Waals surface area contributed by atoms with E-state index in [1.165, 1.54) is 0 Å². The van der Waals surface area contributed by atoms with Crippen LogP contribution in [-0.2, 0) is 13.1 Å². The van der Waals surface area contributed by atoms with Gasteiger partial charge in [0.05, 0.1) is 11.4 Å². The van der Waals surface area contributed by atoms with E-state index < -0.39 is 0 Å². The van der Waals surface area contributed by atoms with Crippen LogP contribution in [0, 0.1) is 0 Å². The molecule has 0 atom stereocenters. The van der Waals surface area contributed by atoms with E-state index in [0.717, 1.165) is 23.2 Å². The van der Waals surface area contributed by atoms with Crippen molar-refractivity contribution in [2.45, 2.75) is 13.1 Å². The summed E-state index contributed by atoms with van der Waals surface area (Å²) in [7, 11) is 0. The Morgan fingerprint density at radius 2 is 2.29 bits per heavy atom. The molecule has 1 aromatic carbocycles. The standard InChI is InChI=1S/C12H11N3O2/c16-7-11-10-5-13-6-12(10)15(14-11)8-2-1-3-9(17)4-8/h1-4,7,13,17H,5-6H2. The zero-order chi connectivity index (χ0) is 11.8. The van der Waals surface area contributed by atoms with E-state index in [1.54, 1.807) is 22.9 Å². The maximum atomic E-state index is 10.9. The van der Waals surface area contributed by atoms with Gasteiger partial charge in [-0.2, -0.15) is 5.10 Å². The zero-order valence-corrected chi connectivity index (χ0v) is 9.05. The Kier molecular flexibility index (Phi) is 2.19. The summed E-state index contributed by atoms with van der Waals surface area (Å²) < 4.78 is 1.71. The number of benzene rings is 1. The third-order valence-corrected chi connectivity index (χ3v) is 2.90. The van der Waals surface area contributed by atoms with Gasteiger partial charge < -0.3 is 10.4 Å². The Morgan fingerprint density at radius 3 is 3.06 bits per heavy atom. The van der Waals surface area contributed by atoms with E-state index in [0.29, 0.717) is 18.8 Å². The van der Waals surface area contributed by atoms with Crippen molar-refractivity contribution in [3.8, 4) is 11.4 Å². The molecule has 0 saturated heterocycles. The molecule has 0 saturated carbocycles. The lowest BCUT2D eigenvalue weighted by Gasteiger charge is -2.05. The number of nitrogens with zero attached hydrogens (tertiary/aromatic N) is 2. The number of aromatic nitrogens is 2. The molecule has 0 radical (unpaired) electrons. The third-order valence-electron chi connectivity index (χ3n) is 2.90. The average Bonchev–Trinajstić information content (AvgIpc) is 2.89. The first-order valence-corrected chi connectivity index (χ1v) is 5.35. The highest BCUT2D eigenvalue weighted by atomic mass is 16.3. The number of nitrogens with one attached hydrogen (secondary N) is 1. The van der Waals surface area contributed by atoms with Gasteiger partial charge in [0, 0.05) is 24.7 Å². The Hall–Kier alpha value is -2.14. The van der Waals surface area contributed by atoms with Gasteiger partial charge in [0.2, 0.25) is 0 Å². The van der Waals surface area contributed by atoms with Gasteiger partial charge in [-0.25, -0.2) is 4.68 Å². The van der Waals surface area contributed by atoms with Crippen molar-refractivity contribution in [3.05, 3.63) is 41.2 Å². The molecule has 5 heteroatoms. The molecule has 0 aliphatic carbocycles. The minimum absolute atomic E-state index is 0.186. The average molecular weight is 229 g/mol. The fraction of sp³-hybridized carbons (Fsp3) is 0.167. The van der Waals surface area contributed by atoms with Crippen LogP contribution in [-0.4, -0.2) is 21.2 Å². The Morgan fingerprint density at radius 1 is 1.41 bits per heavy atom. The first-order chi connectivity index (χ1) is 8.29. The van der Waals surface area contributed by atoms with Gasteiger partial charge in [-0.3, -0.25) is 4.79 Å². The van der Waals surface area contributed by atoms with Gasteiger partial charge in [0.1, 0.15) is 11.4 Å². The lowest BCUT2D eigenvalue weighted by Crippen LogP contribution is -2.08. The molecular weight excluding hydrogens is 218 g/mol. The van der Waals surface area contributed by atoms with Gasteiger partial charge >= 0.3 is 0 Å². The number of aldehydes is 1. The lowest BCUT2D eigenvalue weighted by atomic mass is 10.2. The molecule has 2 aromatic rings. The largest absolute Gasteiger partial charge is 0.508 e. The summed E-state index contributed by atoms with van der Waals surface area (Å²) in [4.78, 5) is 10.9. The number of hydrogen-bond donors (Lipinski definition) is 2. The number of carbonyl (C=O) groups is 1. The first kappa shape index (κ1) is 10.0. The van der Waals surface area contributed by atoms with Crippen LogP contribution in [0.2, 0.25) is 0 Å². The van der Waals surface area contributed by atoms with Crippen molar-refractivity contribution in [1.82, 2.24) is 15.1 Å². The number of phenolic OH excluding ortho intramolecular Hbond substituents is 1. The normalized spacial score (nSPS) is 13.6. The molecule has 2 N–H and O–H groups in total. The summed E-state index contributed by atoms with van der Waals surface area (Å²) in [6.07, 6.45) is 0.769. The zero-order valence-electron chi connectivity index (χ0n) is 9.05. The highest BCUT2D eigenvalue weighted by Gasteiger charge is 2.22. The maximum absolute atomic E-state index is 10.9. The first-order valence-electron chi connectivity index (χ1n) is 5.35. The summed E-state index contributed by atoms with van der Waals surface area (Å²) in [5.41, 5.74) is 3.16. The van der Waals surface area contributed by atoms with Gasteiger partial charge in [-0.15, -0.1) is 0 Å². The SMILES string of the molecule is O=Cc1nn(-c2cccc(O)c2)c2c1CNC2. The number of carbonyl (C=O) groups excluding carboxylic acids is 1. The van der Waals surface area contributed by atoms with Crippen LogP contribution >= 0.6 is 0 Å². The summed E-state index contributed by atoms with van der Waals surface area (Å²) >= 11 is 0. The minimum Gasteiger partial charge on any atom is -0.508 e. The molecule has 0 bridgehead atoms. The Balaban J connectivity index is 2.18. The fourth-order valence-corrected chi connectivity index (χ4v) is 2.12. The molecule has 86 valence electrons. The topological polar surface area (TPSA) is 67.2 Å². The van der Waals surface area contributed by atoms with Gasteiger partial charge in [0.15, 0.2) is 6.29 Å². The van der Waals surface area contributed by atoms with Crippen molar-refractivity contribution in [1.29, 1.82) is 0 Å². The molecular formula is C12H11N3O2. The highest BCUT2D eigenvalue weighted by molar-refractivity contribution is 5.75. The molecule has 0 fully saturated rings. The number of phenols is 1. The van der Waals surface area contributed by atoms with Gasteiger partial charge in [-0.05, 0) is 12.1 Å². The van der Waals surface area contributed by atoms with E-state index >= 15 is 0 Å². The maximum Gasteiger partial charge on any atom is 0.170 e. The van der Waals surface area contributed by atoms with Crippen molar-refractivity contribution >= 4 is 6.29 Å². The molecule has 1 aliphatic heterocycles. The smallest absolute Gasteiger partial charge is 0.170 e. The van der Waals surface area contributed by atoms with Gasteiger partial charge in [-0.1, -0.05) is 6.07 Å². The van der Waals surface area contributed by atoms with Crippen molar-refractivity contribution < 1.29 is 9.90 Å². The third kappa shape index (κ3) is 1.52. The molecule has 0 amide bonds. The van der Waals surface area contributed by atoms with E-state index in [-0.39, 0.29) is 5.75 Å². The van der Waals surface area contributed by atoms with E-state index in [9.17, 15) is 9.90 Å². The predicted molar refractivity (Wildman–Crippen MR) is 61.2 cm³/mol. The summed E-state index contributed by atoms with van der Waals surface area (Å²) in [5, 5.41) is 16.9. The predicted octanol–water partition coefficient (Wildman–Crippen LogP) is 0.994. The summed E-state index contributed by atoms with van der Waals surface area (Å²) in [5.74, 6) is 0.186.